The first kappa shape index (κ1) is 8.53. The van der Waals surface area contributed by atoms with Crippen molar-refractivity contribution in [3.63, 3.8) is 0 Å². The molecule has 2 atom stereocenters. The van der Waals surface area contributed by atoms with Crippen LogP contribution in [0.5, 0.6) is 0 Å². The quantitative estimate of drug-likeness (QED) is 0.602. The second-order valence-corrected chi connectivity index (χ2v) is 4.04. The minimum Gasteiger partial charge on any atom is -0.351 e. The van der Waals surface area contributed by atoms with E-state index >= 15 is 0 Å². The van der Waals surface area contributed by atoms with Crippen molar-refractivity contribution in [2.24, 2.45) is 11.1 Å². The number of rotatable bonds is 2. The number of hydrogen-bond donors (Lipinski definition) is 2. The average Bonchev–Trinajstić information content (AvgIpc) is 2.39. The summed E-state index contributed by atoms with van der Waals surface area (Å²) in [4.78, 5) is 11.0. The van der Waals surface area contributed by atoms with Crippen LogP contribution in [-0.2, 0) is 4.79 Å². The number of carbonyl (C=O) groups excluding carboxylic acids is 1. The summed E-state index contributed by atoms with van der Waals surface area (Å²) in [6.07, 6.45) is 1.07. The molecule has 1 aliphatic rings. The number of nitrogens with one attached hydrogen (secondary N) is 1. The predicted octanol–water partition coefficient (Wildman–Crippen LogP) is 0.248. The lowest BCUT2D eigenvalue weighted by Crippen LogP contribution is -2.40. The summed E-state index contributed by atoms with van der Waals surface area (Å²) < 4.78 is 0. The molecule has 2 unspecified atom stereocenters. The fourth-order valence-corrected chi connectivity index (χ4v) is 1.02. The number of carbonyl (C=O) groups is 1. The Hall–Kier alpha value is -0.570. The highest BCUT2D eigenvalue weighted by molar-refractivity contribution is 5.81. The Morgan fingerprint density at radius 2 is 2.18 bits per heavy atom. The van der Waals surface area contributed by atoms with Gasteiger partial charge in [0, 0.05) is 6.04 Å². The fourth-order valence-electron chi connectivity index (χ4n) is 1.02. The van der Waals surface area contributed by atoms with Crippen molar-refractivity contribution >= 4 is 5.91 Å². The standard InChI is InChI=1S/C8H16N2O/c1-5(9)7(11)10-6-4-8(6,2)3/h5-6H,4,9H2,1-3H3,(H,10,11). The van der Waals surface area contributed by atoms with Crippen LogP contribution in [0.4, 0.5) is 0 Å². The summed E-state index contributed by atoms with van der Waals surface area (Å²) in [5.74, 6) is -0.0411. The van der Waals surface area contributed by atoms with Crippen LogP contribution in [0.15, 0.2) is 0 Å². The van der Waals surface area contributed by atoms with Crippen LogP contribution in [0.1, 0.15) is 27.2 Å². The van der Waals surface area contributed by atoms with E-state index in [2.05, 4.69) is 19.2 Å². The van der Waals surface area contributed by atoms with Crippen LogP contribution in [0.3, 0.4) is 0 Å². The van der Waals surface area contributed by atoms with Crippen LogP contribution in [0.25, 0.3) is 0 Å². The molecule has 0 saturated heterocycles. The van der Waals surface area contributed by atoms with E-state index in [4.69, 9.17) is 5.73 Å². The third-order valence-electron chi connectivity index (χ3n) is 2.24. The highest BCUT2D eigenvalue weighted by Gasteiger charge is 2.46. The number of hydrogen-bond acceptors (Lipinski definition) is 2. The lowest BCUT2D eigenvalue weighted by atomic mass is 10.2. The largest absolute Gasteiger partial charge is 0.351 e. The molecular weight excluding hydrogens is 140 g/mol. The molecule has 1 fully saturated rings. The van der Waals surface area contributed by atoms with E-state index in [-0.39, 0.29) is 11.9 Å². The van der Waals surface area contributed by atoms with E-state index in [9.17, 15) is 4.79 Å². The van der Waals surface area contributed by atoms with Crippen LogP contribution in [-0.4, -0.2) is 18.0 Å². The highest BCUT2D eigenvalue weighted by Crippen LogP contribution is 2.44. The first-order chi connectivity index (χ1) is 4.93. The van der Waals surface area contributed by atoms with Gasteiger partial charge < -0.3 is 11.1 Å². The smallest absolute Gasteiger partial charge is 0.236 e. The number of nitrogens with two attached hydrogens (primary N) is 1. The molecule has 0 spiro atoms. The monoisotopic (exact) mass is 156 g/mol. The summed E-state index contributed by atoms with van der Waals surface area (Å²) in [7, 11) is 0. The molecule has 0 aromatic carbocycles. The second kappa shape index (κ2) is 2.48. The van der Waals surface area contributed by atoms with Crippen LogP contribution in [0, 0.1) is 5.41 Å². The van der Waals surface area contributed by atoms with Crippen molar-refractivity contribution in [1.29, 1.82) is 0 Å². The molecule has 1 aliphatic carbocycles. The van der Waals surface area contributed by atoms with Gasteiger partial charge in [-0.3, -0.25) is 4.79 Å². The first-order valence-electron chi connectivity index (χ1n) is 3.99. The van der Waals surface area contributed by atoms with Crippen molar-refractivity contribution in [2.45, 2.75) is 39.3 Å². The molecule has 1 amide bonds. The predicted molar refractivity (Wildman–Crippen MR) is 44.0 cm³/mol. The molecule has 64 valence electrons. The molecule has 0 bridgehead atoms. The highest BCUT2D eigenvalue weighted by atomic mass is 16.2. The Bertz CT molecular complexity index is 175. The Labute approximate surface area is 67.3 Å². The molecule has 0 aromatic rings. The molecule has 0 aromatic heterocycles. The van der Waals surface area contributed by atoms with E-state index in [1.807, 2.05) is 0 Å². The summed E-state index contributed by atoms with van der Waals surface area (Å²) in [6, 6.07) is -0.0348. The van der Waals surface area contributed by atoms with Gasteiger partial charge in [0.05, 0.1) is 6.04 Å². The summed E-state index contributed by atoms with van der Waals surface area (Å²) >= 11 is 0. The van der Waals surface area contributed by atoms with Crippen LogP contribution >= 0.6 is 0 Å². The number of amides is 1. The Morgan fingerprint density at radius 3 is 2.45 bits per heavy atom. The average molecular weight is 156 g/mol. The van der Waals surface area contributed by atoms with Gasteiger partial charge >= 0.3 is 0 Å². The summed E-state index contributed by atoms with van der Waals surface area (Å²) in [6.45, 7) is 5.98. The van der Waals surface area contributed by atoms with E-state index < -0.39 is 0 Å². The van der Waals surface area contributed by atoms with Crippen molar-refractivity contribution in [1.82, 2.24) is 5.32 Å². The Kier molecular flexibility index (Phi) is 1.92. The van der Waals surface area contributed by atoms with Crippen LogP contribution in [0.2, 0.25) is 0 Å². The molecule has 0 aliphatic heterocycles. The lowest BCUT2D eigenvalue weighted by molar-refractivity contribution is -0.122. The Morgan fingerprint density at radius 1 is 1.73 bits per heavy atom. The molecule has 0 radical (unpaired) electrons. The van der Waals surface area contributed by atoms with Gasteiger partial charge in [0.25, 0.3) is 0 Å². The normalized spacial score (nSPS) is 29.3. The van der Waals surface area contributed by atoms with Crippen molar-refractivity contribution < 1.29 is 4.79 Å². The van der Waals surface area contributed by atoms with E-state index in [0.717, 1.165) is 6.42 Å². The molecule has 1 rings (SSSR count). The fraction of sp³-hybridized carbons (Fsp3) is 0.875. The van der Waals surface area contributed by atoms with Gasteiger partial charge in [-0.15, -0.1) is 0 Å². The summed E-state index contributed by atoms with van der Waals surface area (Å²) in [5, 5.41) is 2.88. The first-order valence-corrected chi connectivity index (χ1v) is 3.99. The maximum atomic E-state index is 11.0. The molecule has 3 nitrogen and oxygen atoms in total. The molecule has 0 heterocycles. The second-order valence-electron chi connectivity index (χ2n) is 4.04. The molecule has 3 N–H and O–H groups in total. The minimum atomic E-state index is -0.383. The zero-order chi connectivity index (χ0) is 8.65. The zero-order valence-corrected chi connectivity index (χ0v) is 7.35. The third-order valence-corrected chi connectivity index (χ3v) is 2.24. The van der Waals surface area contributed by atoms with Gasteiger partial charge in [0.1, 0.15) is 0 Å². The van der Waals surface area contributed by atoms with Gasteiger partial charge in [-0.05, 0) is 18.8 Å². The molecule has 3 heteroatoms. The third kappa shape index (κ3) is 1.93. The summed E-state index contributed by atoms with van der Waals surface area (Å²) in [5.41, 5.74) is 5.68. The van der Waals surface area contributed by atoms with Crippen LogP contribution < -0.4 is 11.1 Å². The topological polar surface area (TPSA) is 55.1 Å². The van der Waals surface area contributed by atoms with E-state index in [0.29, 0.717) is 11.5 Å². The maximum absolute atomic E-state index is 11.0. The van der Waals surface area contributed by atoms with E-state index in [1.54, 1.807) is 6.92 Å². The molecule has 11 heavy (non-hydrogen) atoms. The van der Waals surface area contributed by atoms with Crippen molar-refractivity contribution in [3.8, 4) is 0 Å². The van der Waals surface area contributed by atoms with Gasteiger partial charge in [0.2, 0.25) is 5.91 Å². The molecule has 1 saturated carbocycles. The Balaban J connectivity index is 2.29. The molecular formula is C8H16N2O. The van der Waals surface area contributed by atoms with Gasteiger partial charge in [-0.25, -0.2) is 0 Å². The minimum absolute atomic E-state index is 0.0411. The van der Waals surface area contributed by atoms with Gasteiger partial charge in [-0.1, -0.05) is 13.8 Å². The zero-order valence-electron chi connectivity index (χ0n) is 7.35. The SMILES string of the molecule is CC(N)C(=O)NC1CC1(C)C. The van der Waals surface area contributed by atoms with Gasteiger partial charge in [-0.2, -0.15) is 0 Å². The van der Waals surface area contributed by atoms with Crippen molar-refractivity contribution in [3.05, 3.63) is 0 Å². The van der Waals surface area contributed by atoms with Gasteiger partial charge in [0.15, 0.2) is 0 Å². The van der Waals surface area contributed by atoms with Crippen molar-refractivity contribution in [2.75, 3.05) is 0 Å². The maximum Gasteiger partial charge on any atom is 0.236 e. The lowest BCUT2D eigenvalue weighted by Gasteiger charge is -2.08. The van der Waals surface area contributed by atoms with E-state index in [1.165, 1.54) is 0 Å².